The quantitative estimate of drug-likeness (QED) is 0.279. The minimum absolute atomic E-state index is 0.297. The molecule has 0 unspecified atom stereocenters. The molecule has 0 aliphatic rings. The van der Waals surface area contributed by atoms with E-state index < -0.39 is 10.2 Å². The molecule has 0 atom stereocenters. The summed E-state index contributed by atoms with van der Waals surface area (Å²) in [5.41, 5.74) is 5.72. The van der Waals surface area contributed by atoms with Crippen LogP contribution in [0.1, 0.15) is 36.1 Å². The van der Waals surface area contributed by atoms with E-state index in [-0.39, 0.29) is 0 Å². The number of anilines is 5. The van der Waals surface area contributed by atoms with Crippen molar-refractivity contribution < 1.29 is 13.2 Å². The van der Waals surface area contributed by atoms with Gasteiger partial charge in [-0.3, -0.25) is 4.72 Å². The number of hydrogen-bond acceptors (Lipinski definition) is 7. The second-order valence-corrected chi connectivity index (χ2v) is 9.93. The van der Waals surface area contributed by atoms with Crippen molar-refractivity contribution in [2.75, 3.05) is 28.5 Å². The Morgan fingerprint density at radius 3 is 2.23 bits per heavy atom. The van der Waals surface area contributed by atoms with Crippen LogP contribution in [0, 0.1) is 27.7 Å². The average Bonchev–Trinajstić information content (AvgIpc) is 2.78. The summed E-state index contributed by atoms with van der Waals surface area (Å²) in [5, 5.41) is 6.81. The summed E-state index contributed by atoms with van der Waals surface area (Å²) in [6, 6.07) is 7.42. The zero-order chi connectivity index (χ0) is 25.8. The Morgan fingerprint density at radius 2 is 1.60 bits per heavy atom. The van der Waals surface area contributed by atoms with Gasteiger partial charge >= 0.3 is 0 Å². The first-order valence-corrected chi connectivity index (χ1v) is 13.1. The number of benzene rings is 2. The first-order valence-electron chi connectivity index (χ1n) is 11.2. The molecule has 0 amide bonds. The van der Waals surface area contributed by atoms with Crippen molar-refractivity contribution >= 4 is 50.6 Å². The fraction of sp³-hybridized carbons (Fsp3) is 0.333. The third kappa shape index (κ3) is 6.53. The van der Waals surface area contributed by atoms with Gasteiger partial charge in [0, 0.05) is 17.9 Å². The van der Waals surface area contributed by atoms with Gasteiger partial charge in [-0.25, -0.2) is 4.98 Å². The molecule has 1 heterocycles. The average molecular weight is 519 g/mol. The van der Waals surface area contributed by atoms with Crippen LogP contribution in [0.3, 0.4) is 0 Å². The van der Waals surface area contributed by atoms with Crippen LogP contribution in [0.5, 0.6) is 5.75 Å². The molecule has 0 aliphatic heterocycles. The van der Waals surface area contributed by atoms with E-state index in [1.807, 2.05) is 46.8 Å². The molecular weight excluding hydrogens is 488 g/mol. The molecule has 0 saturated heterocycles. The Balaban J connectivity index is 1.84. The van der Waals surface area contributed by atoms with Gasteiger partial charge in [0.1, 0.15) is 10.8 Å². The van der Waals surface area contributed by atoms with Crippen LogP contribution in [0.15, 0.2) is 30.5 Å². The lowest BCUT2D eigenvalue weighted by molar-refractivity contribution is 0.335. The molecule has 0 radical (unpaired) electrons. The first-order chi connectivity index (χ1) is 16.5. The van der Waals surface area contributed by atoms with E-state index >= 15 is 0 Å². The molecule has 4 N–H and O–H groups in total. The van der Waals surface area contributed by atoms with Crippen LogP contribution in [-0.2, 0) is 10.2 Å². The largest absolute Gasteiger partial charge is 0.493 e. The minimum atomic E-state index is -3.63. The van der Waals surface area contributed by atoms with Crippen molar-refractivity contribution in [3.8, 4) is 5.75 Å². The monoisotopic (exact) mass is 518 g/mol. The molecule has 0 saturated carbocycles. The predicted octanol–water partition coefficient (Wildman–Crippen LogP) is 5.52. The fourth-order valence-electron chi connectivity index (χ4n) is 3.60. The maximum atomic E-state index is 12.1. The van der Waals surface area contributed by atoms with Crippen molar-refractivity contribution in [3.63, 3.8) is 0 Å². The summed E-state index contributed by atoms with van der Waals surface area (Å²) in [6.45, 7) is 12.3. The summed E-state index contributed by atoms with van der Waals surface area (Å²) in [7, 11) is -3.63. The van der Waals surface area contributed by atoms with Crippen molar-refractivity contribution in [3.05, 3.63) is 57.7 Å². The summed E-state index contributed by atoms with van der Waals surface area (Å²) in [5.74, 6) is 1.68. The molecule has 0 fully saturated rings. The predicted molar refractivity (Wildman–Crippen MR) is 143 cm³/mol. The number of ether oxygens (including phenoxy) is 1. The Kier molecular flexibility index (Phi) is 8.42. The van der Waals surface area contributed by atoms with Crippen molar-refractivity contribution in [2.24, 2.45) is 0 Å². The molecule has 1 aromatic heterocycles. The number of aromatic nitrogens is 2. The van der Waals surface area contributed by atoms with Gasteiger partial charge in [0.25, 0.3) is 10.2 Å². The molecule has 9 nitrogen and oxygen atoms in total. The maximum absolute atomic E-state index is 12.1. The summed E-state index contributed by atoms with van der Waals surface area (Å²) >= 11 is 6.37. The van der Waals surface area contributed by atoms with Crippen molar-refractivity contribution in [1.82, 2.24) is 14.7 Å². The molecule has 11 heteroatoms. The van der Waals surface area contributed by atoms with E-state index in [1.165, 1.54) is 6.20 Å². The highest BCUT2D eigenvalue weighted by atomic mass is 35.5. The number of nitrogens with zero attached hydrogens (tertiary/aromatic N) is 2. The first kappa shape index (κ1) is 26.5. The highest BCUT2D eigenvalue weighted by Gasteiger charge is 2.15. The molecular formula is C24H31ClN6O3S. The third-order valence-corrected chi connectivity index (χ3v) is 6.80. The molecule has 0 bridgehead atoms. The normalized spacial score (nSPS) is 11.3. The molecule has 2 aromatic carbocycles. The fourth-order valence-corrected chi connectivity index (χ4v) is 4.70. The van der Waals surface area contributed by atoms with Gasteiger partial charge in [0.2, 0.25) is 5.95 Å². The Labute approximate surface area is 211 Å². The smallest absolute Gasteiger partial charge is 0.299 e. The number of aryl methyl sites for hydroxylation is 2. The van der Waals surface area contributed by atoms with Gasteiger partial charge in [-0.05, 0) is 81.1 Å². The highest BCUT2D eigenvalue weighted by Crippen LogP contribution is 2.32. The molecule has 0 aliphatic carbocycles. The van der Waals surface area contributed by atoms with Crippen LogP contribution in [0.25, 0.3) is 0 Å². The van der Waals surface area contributed by atoms with Gasteiger partial charge < -0.3 is 15.4 Å². The number of nitrogens with one attached hydrogen (secondary N) is 4. The van der Waals surface area contributed by atoms with E-state index in [1.54, 1.807) is 19.1 Å². The number of rotatable bonds is 10. The Bertz CT molecular complexity index is 1310. The SMILES string of the molecule is CCNS(=O)(=O)Nc1ccc(Nc2nc(Nc3cc(C)c(OCC)c(C)c3)ncc2Cl)c(C)c1C. The van der Waals surface area contributed by atoms with Crippen molar-refractivity contribution in [1.29, 1.82) is 0 Å². The molecule has 188 valence electrons. The summed E-state index contributed by atoms with van der Waals surface area (Å²) in [4.78, 5) is 8.84. The second kappa shape index (κ2) is 11.1. The van der Waals surface area contributed by atoms with E-state index in [2.05, 4.69) is 30.0 Å². The van der Waals surface area contributed by atoms with Gasteiger partial charge in [0.05, 0.1) is 18.5 Å². The maximum Gasteiger partial charge on any atom is 0.299 e. The van der Waals surface area contributed by atoms with Gasteiger partial charge in [-0.1, -0.05) is 18.5 Å². The van der Waals surface area contributed by atoms with Crippen LogP contribution in [0.2, 0.25) is 5.02 Å². The number of halogens is 1. The second-order valence-electron chi connectivity index (χ2n) is 8.03. The Hall–Kier alpha value is -3.08. The Morgan fingerprint density at radius 1 is 0.971 bits per heavy atom. The van der Waals surface area contributed by atoms with E-state index in [4.69, 9.17) is 16.3 Å². The van der Waals surface area contributed by atoms with Crippen LogP contribution in [-0.4, -0.2) is 31.5 Å². The van der Waals surface area contributed by atoms with Gasteiger partial charge in [-0.15, -0.1) is 0 Å². The lowest BCUT2D eigenvalue weighted by Gasteiger charge is -2.17. The van der Waals surface area contributed by atoms with Gasteiger partial charge in [0.15, 0.2) is 5.82 Å². The third-order valence-electron chi connectivity index (χ3n) is 5.37. The minimum Gasteiger partial charge on any atom is -0.493 e. The molecule has 3 aromatic rings. The lowest BCUT2D eigenvalue weighted by Crippen LogP contribution is -2.30. The van der Waals surface area contributed by atoms with Gasteiger partial charge in [-0.2, -0.15) is 18.1 Å². The lowest BCUT2D eigenvalue weighted by atomic mass is 10.1. The molecule has 0 spiro atoms. The zero-order valence-corrected chi connectivity index (χ0v) is 22.3. The van der Waals surface area contributed by atoms with Crippen LogP contribution < -0.4 is 24.8 Å². The zero-order valence-electron chi connectivity index (χ0n) is 20.7. The van der Waals surface area contributed by atoms with E-state index in [0.29, 0.717) is 35.6 Å². The standard InChI is InChI=1S/C24H31ClN6O3S/c1-7-27-35(32,33)31-21-10-9-20(16(5)17(21)6)29-23-19(25)13-26-24(30-23)28-18-11-14(3)22(34-8-2)15(4)12-18/h9-13,27,31H,7-8H2,1-6H3,(H2,26,28,29,30). The summed E-state index contributed by atoms with van der Waals surface area (Å²) in [6.07, 6.45) is 1.52. The van der Waals surface area contributed by atoms with E-state index in [9.17, 15) is 8.42 Å². The topological polar surface area (TPSA) is 117 Å². The molecule has 35 heavy (non-hydrogen) atoms. The molecule has 3 rings (SSSR count). The number of hydrogen-bond donors (Lipinski definition) is 4. The van der Waals surface area contributed by atoms with Crippen LogP contribution in [0.4, 0.5) is 28.8 Å². The highest BCUT2D eigenvalue weighted by molar-refractivity contribution is 7.90. The summed E-state index contributed by atoms with van der Waals surface area (Å²) < 4.78 is 34.8. The van der Waals surface area contributed by atoms with E-state index in [0.717, 1.165) is 39.4 Å². The van der Waals surface area contributed by atoms with Crippen molar-refractivity contribution in [2.45, 2.75) is 41.5 Å². The van der Waals surface area contributed by atoms with Crippen LogP contribution >= 0.6 is 11.6 Å².